The highest BCUT2D eigenvalue weighted by atomic mass is 32.1. The number of benzene rings is 1. The molecule has 2 aliphatic heterocycles. The fourth-order valence-corrected chi connectivity index (χ4v) is 4.59. The molecule has 6 heteroatoms. The Morgan fingerprint density at radius 3 is 2.83 bits per heavy atom. The molecule has 0 radical (unpaired) electrons. The van der Waals surface area contributed by atoms with E-state index in [0.717, 1.165) is 42.2 Å². The van der Waals surface area contributed by atoms with Gasteiger partial charge in [-0.3, -0.25) is 9.69 Å². The first-order valence-corrected chi connectivity index (χ1v) is 8.70. The molecule has 3 heterocycles. The summed E-state index contributed by atoms with van der Waals surface area (Å²) in [5.74, 6) is 0.224. The number of likely N-dealkylation sites (N-methyl/N-ethyl adjacent to an activating group) is 1. The minimum atomic E-state index is -0.252. The highest BCUT2D eigenvalue weighted by molar-refractivity contribution is 7.16. The average Bonchev–Trinajstić information content (AvgIpc) is 2.93. The van der Waals surface area contributed by atoms with E-state index in [4.69, 9.17) is 0 Å². The Kier molecular flexibility index (Phi) is 3.50. The van der Waals surface area contributed by atoms with Crippen molar-refractivity contribution < 1.29 is 9.90 Å². The van der Waals surface area contributed by atoms with Gasteiger partial charge in [-0.1, -0.05) is 19.1 Å². The number of thiophene rings is 1. The fourth-order valence-electron chi connectivity index (χ4n) is 3.27. The van der Waals surface area contributed by atoms with Crippen LogP contribution in [-0.2, 0) is 13.0 Å². The van der Waals surface area contributed by atoms with Crippen molar-refractivity contribution in [2.24, 2.45) is 0 Å². The number of hydrogen-bond acceptors (Lipinski definition) is 5. The molecule has 0 spiro atoms. The van der Waals surface area contributed by atoms with Gasteiger partial charge in [-0.25, -0.2) is 0 Å². The molecule has 4 rings (SSSR count). The molecule has 0 saturated heterocycles. The molecule has 1 aromatic carbocycles. The smallest absolute Gasteiger partial charge is 0.256 e. The molecule has 3 N–H and O–H groups in total. The van der Waals surface area contributed by atoms with E-state index in [1.54, 1.807) is 23.5 Å². The molecule has 0 unspecified atom stereocenters. The van der Waals surface area contributed by atoms with Gasteiger partial charge in [0.1, 0.15) is 16.9 Å². The van der Waals surface area contributed by atoms with Gasteiger partial charge < -0.3 is 15.7 Å². The van der Waals surface area contributed by atoms with Crippen LogP contribution >= 0.6 is 11.3 Å². The van der Waals surface area contributed by atoms with Gasteiger partial charge in [0.2, 0.25) is 0 Å². The van der Waals surface area contributed by atoms with E-state index < -0.39 is 0 Å². The number of phenolic OH excluding ortho intramolecular Hbond substituents is 1. The van der Waals surface area contributed by atoms with Crippen molar-refractivity contribution in [3.63, 3.8) is 0 Å². The van der Waals surface area contributed by atoms with E-state index in [2.05, 4.69) is 22.5 Å². The SMILES string of the molecule is CCN1CCc2c(sc3c2C(=O)N[C@H](c2ccc(O)cc2)N3)C1. The molecule has 2 aliphatic rings. The summed E-state index contributed by atoms with van der Waals surface area (Å²) in [6.45, 7) is 5.16. The minimum absolute atomic E-state index is 0.000673. The van der Waals surface area contributed by atoms with E-state index >= 15 is 0 Å². The summed E-state index contributed by atoms with van der Waals surface area (Å²) in [4.78, 5) is 16.3. The lowest BCUT2D eigenvalue weighted by molar-refractivity contribution is 0.0934. The third-order valence-corrected chi connectivity index (χ3v) is 5.74. The molecule has 1 atom stereocenters. The third-order valence-electron chi connectivity index (χ3n) is 4.59. The van der Waals surface area contributed by atoms with Crippen LogP contribution in [0.5, 0.6) is 5.75 Å². The Bertz CT molecular complexity index is 754. The second-order valence-corrected chi connectivity index (χ2v) is 7.07. The van der Waals surface area contributed by atoms with E-state index in [1.807, 2.05) is 12.1 Å². The first-order chi connectivity index (χ1) is 11.2. The van der Waals surface area contributed by atoms with Crippen molar-refractivity contribution in [3.05, 3.63) is 45.8 Å². The molecule has 0 bridgehead atoms. The van der Waals surface area contributed by atoms with Crippen molar-refractivity contribution in [2.75, 3.05) is 18.4 Å². The van der Waals surface area contributed by atoms with Gasteiger partial charge in [0.05, 0.1) is 5.56 Å². The first kappa shape index (κ1) is 14.5. The second kappa shape index (κ2) is 5.54. The standard InChI is InChI=1S/C17H19N3O2S/c1-2-20-8-7-12-13(9-20)23-17-14(12)16(22)18-15(19-17)10-3-5-11(21)6-4-10/h3-6,15,19,21H,2,7-9H2,1H3,(H,18,22)/t15-/m0/s1. The lowest BCUT2D eigenvalue weighted by atomic mass is 10.0. The van der Waals surface area contributed by atoms with E-state index in [0.29, 0.717) is 0 Å². The van der Waals surface area contributed by atoms with Crippen molar-refractivity contribution in [1.29, 1.82) is 0 Å². The fraction of sp³-hybridized carbons (Fsp3) is 0.353. The number of hydrogen-bond donors (Lipinski definition) is 3. The van der Waals surface area contributed by atoms with Gasteiger partial charge in [-0.05, 0) is 36.2 Å². The molecule has 0 saturated carbocycles. The maximum atomic E-state index is 12.6. The molecular weight excluding hydrogens is 310 g/mol. The Morgan fingerprint density at radius 1 is 1.30 bits per heavy atom. The number of fused-ring (bicyclic) bond motifs is 3. The maximum absolute atomic E-state index is 12.6. The summed E-state index contributed by atoms with van der Waals surface area (Å²) in [5.41, 5.74) is 2.97. The van der Waals surface area contributed by atoms with Crippen molar-refractivity contribution in [1.82, 2.24) is 10.2 Å². The minimum Gasteiger partial charge on any atom is -0.508 e. The summed E-state index contributed by atoms with van der Waals surface area (Å²) >= 11 is 1.70. The number of amides is 1. The van der Waals surface area contributed by atoms with E-state index in [9.17, 15) is 9.90 Å². The highest BCUT2D eigenvalue weighted by Gasteiger charge is 2.32. The second-order valence-electron chi connectivity index (χ2n) is 5.97. The number of nitrogens with one attached hydrogen (secondary N) is 2. The molecule has 2 aromatic rings. The van der Waals surface area contributed by atoms with Crippen LogP contribution in [0.4, 0.5) is 5.00 Å². The maximum Gasteiger partial charge on any atom is 0.256 e. The van der Waals surface area contributed by atoms with Crippen LogP contribution in [0.25, 0.3) is 0 Å². The monoisotopic (exact) mass is 329 g/mol. The van der Waals surface area contributed by atoms with E-state index in [-0.39, 0.29) is 17.8 Å². The predicted molar refractivity (Wildman–Crippen MR) is 90.9 cm³/mol. The number of rotatable bonds is 2. The highest BCUT2D eigenvalue weighted by Crippen LogP contribution is 2.40. The molecule has 0 fully saturated rings. The topological polar surface area (TPSA) is 64.6 Å². The van der Waals surface area contributed by atoms with Gasteiger partial charge in [0.25, 0.3) is 5.91 Å². The zero-order chi connectivity index (χ0) is 16.0. The lowest BCUT2D eigenvalue weighted by Crippen LogP contribution is -2.38. The van der Waals surface area contributed by atoms with Gasteiger partial charge in [-0.15, -0.1) is 11.3 Å². The zero-order valence-corrected chi connectivity index (χ0v) is 13.7. The Morgan fingerprint density at radius 2 is 2.09 bits per heavy atom. The molecule has 1 aromatic heterocycles. The molecule has 23 heavy (non-hydrogen) atoms. The molecule has 1 amide bonds. The van der Waals surface area contributed by atoms with Crippen LogP contribution in [0.1, 0.15) is 39.5 Å². The summed E-state index contributed by atoms with van der Waals surface area (Å²) in [5, 5.41) is 16.9. The van der Waals surface area contributed by atoms with Crippen molar-refractivity contribution in [3.8, 4) is 5.75 Å². The third kappa shape index (κ3) is 2.48. The van der Waals surface area contributed by atoms with Gasteiger partial charge in [0, 0.05) is 18.0 Å². The number of nitrogens with zero attached hydrogens (tertiary/aromatic N) is 1. The van der Waals surface area contributed by atoms with Crippen LogP contribution in [0.3, 0.4) is 0 Å². The quantitative estimate of drug-likeness (QED) is 0.793. The number of aromatic hydroxyl groups is 1. The largest absolute Gasteiger partial charge is 0.508 e. The molecular formula is C17H19N3O2S. The van der Waals surface area contributed by atoms with Crippen LogP contribution in [0, 0.1) is 0 Å². The van der Waals surface area contributed by atoms with Crippen molar-refractivity contribution >= 4 is 22.2 Å². The summed E-state index contributed by atoms with van der Waals surface area (Å²) in [7, 11) is 0. The first-order valence-electron chi connectivity index (χ1n) is 7.89. The summed E-state index contributed by atoms with van der Waals surface area (Å²) in [6.07, 6.45) is 0.687. The Labute approximate surface area is 138 Å². The van der Waals surface area contributed by atoms with Crippen molar-refractivity contribution in [2.45, 2.75) is 26.1 Å². The van der Waals surface area contributed by atoms with Crippen LogP contribution in [-0.4, -0.2) is 29.0 Å². The van der Waals surface area contributed by atoms with Gasteiger partial charge >= 0.3 is 0 Å². The number of carbonyl (C=O) groups excluding carboxylic acids is 1. The number of anilines is 1. The molecule has 5 nitrogen and oxygen atoms in total. The van der Waals surface area contributed by atoms with Crippen LogP contribution < -0.4 is 10.6 Å². The average molecular weight is 329 g/mol. The van der Waals surface area contributed by atoms with Crippen LogP contribution in [0.15, 0.2) is 24.3 Å². The Hall–Kier alpha value is -2.05. The Balaban J connectivity index is 1.66. The number of phenols is 1. The molecule has 0 aliphatic carbocycles. The van der Waals surface area contributed by atoms with Gasteiger partial charge in [0.15, 0.2) is 0 Å². The normalized spacial score (nSPS) is 20.4. The number of carbonyl (C=O) groups is 1. The summed E-state index contributed by atoms with van der Waals surface area (Å²) in [6, 6.07) is 6.92. The van der Waals surface area contributed by atoms with Gasteiger partial charge in [-0.2, -0.15) is 0 Å². The molecule has 120 valence electrons. The summed E-state index contributed by atoms with van der Waals surface area (Å²) < 4.78 is 0. The van der Waals surface area contributed by atoms with Crippen LogP contribution in [0.2, 0.25) is 0 Å². The lowest BCUT2D eigenvalue weighted by Gasteiger charge is -2.28. The zero-order valence-electron chi connectivity index (χ0n) is 12.9. The van der Waals surface area contributed by atoms with E-state index in [1.165, 1.54) is 10.4 Å². The predicted octanol–water partition coefficient (Wildman–Crippen LogP) is 2.69.